The highest BCUT2D eigenvalue weighted by Crippen LogP contribution is 2.44. The van der Waals surface area contributed by atoms with Crippen molar-refractivity contribution in [3.8, 4) is 0 Å². The van der Waals surface area contributed by atoms with E-state index < -0.39 is 0 Å². The Morgan fingerprint density at radius 2 is 2.43 bits per heavy atom. The number of unbranched alkanes of at least 4 members (excludes halogenated alkanes) is 1. The van der Waals surface area contributed by atoms with Gasteiger partial charge in [0.2, 0.25) is 0 Å². The molecule has 2 rings (SSSR count). The molecule has 0 radical (unpaired) electrons. The summed E-state index contributed by atoms with van der Waals surface area (Å²) in [5.41, 5.74) is 0.225. The Balaban J connectivity index is 2.16. The van der Waals surface area contributed by atoms with Crippen LogP contribution in [0.4, 0.5) is 0 Å². The fraction of sp³-hybridized carbons (Fsp3) is 0.727. The van der Waals surface area contributed by atoms with Crippen LogP contribution >= 0.6 is 0 Å². The Bertz CT molecular complexity index is 272. The van der Waals surface area contributed by atoms with Crippen LogP contribution in [0.1, 0.15) is 26.2 Å². The van der Waals surface area contributed by atoms with E-state index in [0.717, 1.165) is 19.3 Å². The highest BCUT2D eigenvalue weighted by atomic mass is 16.6. The van der Waals surface area contributed by atoms with E-state index in [1.54, 1.807) is 0 Å². The van der Waals surface area contributed by atoms with E-state index in [1.165, 1.54) is 0 Å². The quantitative estimate of drug-likeness (QED) is 0.509. The Hall–Kier alpha value is -0.830. The van der Waals surface area contributed by atoms with Crippen molar-refractivity contribution in [1.29, 1.82) is 0 Å². The van der Waals surface area contributed by atoms with E-state index in [1.807, 2.05) is 0 Å². The maximum Gasteiger partial charge on any atom is 0.334 e. The molecule has 0 unspecified atom stereocenters. The molecule has 2 saturated heterocycles. The Morgan fingerprint density at radius 1 is 1.64 bits per heavy atom. The summed E-state index contributed by atoms with van der Waals surface area (Å²) < 4.78 is 10.8. The third-order valence-corrected chi connectivity index (χ3v) is 3.20. The zero-order valence-corrected chi connectivity index (χ0v) is 8.54. The standard InChI is InChI=1S/C11H16O3/c1-3-4-5-11-7-13-6-9(11)8(2)10(12)14-11/h9H,2-7H2,1H3/t9-,11-/m1/s1. The molecule has 0 spiro atoms. The summed E-state index contributed by atoms with van der Waals surface area (Å²) >= 11 is 0. The average Bonchev–Trinajstić information content (AvgIpc) is 2.65. The van der Waals surface area contributed by atoms with Crippen LogP contribution in [-0.2, 0) is 14.3 Å². The van der Waals surface area contributed by atoms with Crippen LogP contribution in [0.25, 0.3) is 0 Å². The summed E-state index contributed by atoms with van der Waals surface area (Å²) in [5, 5.41) is 0. The van der Waals surface area contributed by atoms with E-state index in [9.17, 15) is 4.79 Å². The molecule has 0 aliphatic carbocycles. The zero-order valence-electron chi connectivity index (χ0n) is 8.54. The van der Waals surface area contributed by atoms with Gasteiger partial charge in [-0.3, -0.25) is 0 Å². The monoisotopic (exact) mass is 196 g/mol. The summed E-state index contributed by atoms with van der Waals surface area (Å²) in [6.07, 6.45) is 3.08. The zero-order chi connectivity index (χ0) is 10.2. The molecule has 0 aromatic heterocycles. The summed E-state index contributed by atoms with van der Waals surface area (Å²) in [4.78, 5) is 11.4. The SMILES string of the molecule is C=C1C(=O)O[C@]2(CCCC)COC[C@H]12. The Labute approximate surface area is 84.1 Å². The number of carbonyl (C=O) groups is 1. The summed E-state index contributed by atoms with van der Waals surface area (Å²) in [6.45, 7) is 7.04. The molecule has 78 valence electrons. The molecular formula is C11H16O3. The number of rotatable bonds is 3. The predicted octanol–water partition coefficient (Wildman–Crippen LogP) is 1.67. The van der Waals surface area contributed by atoms with Crippen molar-refractivity contribution in [2.75, 3.05) is 13.2 Å². The highest BCUT2D eigenvalue weighted by molar-refractivity contribution is 5.91. The van der Waals surface area contributed by atoms with Gasteiger partial charge in [0.15, 0.2) is 0 Å². The van der Waals surface area contributed by atoms with Crippen LogP contribution in [0, 0.1) is 5.92 Å². The number of ether oxygens (including phenoxy) is 2. The summed E-state index contributed by atoms with van der Waals surface area (Å²) in [6, 6.07) is 0. The molecule has 0 aromatic rings. The smallest absolute Gasteiger partial charge is 0.334 e. The molecule has 0 N–H and O–H groups in total. The molecule has 2 atom stereocenters. The first-order valence-corrected chi connectivity index (χ1v) is 5.19. The second-order valence-corrected chi connectivity index (χ2v) is 4.15. The Kier molecular flexibility index (Phi) is 2.35. The van der Waals surface area contributed by atoms with Crippen molar-refractivity contribution < 1.29 is 14.3 Å². The van der Waals surface area contributed by atoms with Gasteiger partial charge in [-0.05, 0) is 12.8 Å². The van der Waals surface area contributed by atoms with Crippen LogP contribution in [-0.4, -0.2) is 24.8 Å². The molecule has 3 heteroatoms. The van der Waals surface area contributed by atoms with Gasteiger partial charge in [-0.15, -0.1) is 0 Å². The third-order valence-electron chi connectivity index (χ3n) is 3.20. The Morgan fingerprint density at radius 3 is 3.14 bits per heavy atom. The summed E-state index contributed by atoms with van der Waals surface area (Å²) in [5.74, 6) is -0.129. The number of esters is 1. The molecule has 0 bridgehead atoms. The van der Waals surface area contributed by atoms with Crippen LogP contribution in [0.2, 0.25) is 0 Å². The fourth-order valence-electron chi connectivity index (χ4n) is 2.29. The normalized spacial score (nSPS) is 35.9. The van der Waals surface area contributed by atoms with Crippen molar-refractivity contribution in [3.05, 3.63) is 12.2 Å². The number of carbonyl (C=O) groups excluding carboxylic acids is 1. The van der Waals surface area contributed by atoms with Gasteiger partial charge >= 0.3 is 5.97 Å². The minimum Gasteiger partial charge on any atom is -0.452 e. The molecule has 2 aliphatic heterocycles. The second kappa shape index (κ2) is 3.39. The molecule has 2 fully saturated rings. The fourth-order valence-corrected chi connectivity index (χ4v) is 2.29. The molecule has 14 heavy (non-hydrogen) atoms. The maximum atomic E-state index is 11.4. The van der Waals surface area contributed by atoms with Crippen molar-refractivity contribution in [2.24, 2.45) is 5.92 Å². The van der Waals surface area contributed by atoms with Crippen molar-refractivity contribution in [3.63, 3.8) is 0 Å². The van der Waals surface area contributed by atoms with Gasteiger partial charge in [0.25, 0.3) is 0 Å². The lowest BCUT2D eigenvalue weighted by atomic mass is 9.84. The van der Waals surface area contributed by atoms with E-state index in [0.29, 0.717) is 18.8 Å². The molecule has 3 nitrogen and oxygen atoms in total. The van der Waals surface area contributed by atoms with Crippen LogP contribution < -0.4 is 0 Å². The topological polar surface area (TPSA) is 35.5 Å². The van der Waals surface area contributed by atoms with Crippen molar-refractivity contribution in [1.82, 2.24) is 0 Å². The van der Waals surface area contributed by atoms with Gasteiger partial charge in [0, 0.05) is 5.57 Å². The van der Waals surface area contributed by atoms with Gasteiger partial charge in [0.1, 0.15) is 5.60 Å². The van der Waals surface area contributed by atoms with Gasteiger partial charge in [-0.2, -0.15) is 0 Å². The number of hydrogen-bond donors (Lipinski definition) is 0. The lowest BCUT2D eigenvalue weighted by Crippen LogP contribution is -2.35. The van der Waals surface area contributed by atoms with E-state index in [2.05, 4.69) is 13.5 Å². The van der Waals surface area contributed by atoms with E-state index in [-0.39, 0.29) is 17.5 Å². The first-order chi connectivity index (χ1) is 6.69. The van der Waals surface area contributed by atoms with Gasteiger partial charge in [-0.1, -0.05) is 19.9 Å². The first-order valence-electron chi connectivity index (χ1n) is 5.19. The third kappa shape index (κ3) is 1.27. The molecule has 2 heterocycles. The maximum absolute atomic E-state index is 11.4. The molecule has 0 saturated carbocycles. The predicted molar refractivity (Wildman–Crippen MR) is 51.8 cm³/mol. The largest absolute Gasteiger partial charge is 0.452 e. The lowest BCUT2D eigenvalue weighted by molar-refractivity contribution is -0.149. The lowest BCUT2D eigenvalue weighted by Gasteiger charge is -2.24. The van der Waals surface area contributed by atoms with Crippen LogP contribution in [0.5, 0.6) is 0 Å². The molecule has 0 amide bonds. The van der Waals surface area contributed by atoms with Crippen molar-refractivity contribution in [2.45, 2.75) is 31.8 Å². The molecular weight excluding hydrogens is 180 g/mol. The minimum atomic E-state index is -0.371. The van der Waals surface area contributed by atoms with Gasteiger partial charge in [-0.25, -0.2) is 4.79 Å². The van der Waals surface area contributed by atoms with Crippen LogP contribution in [0.3, 0.4) is 0 Å². The molecule has 0 aromatic carbocycles. The average molecular weight is 196 g/mol. The highest BCUT2D eigenvalue weighted by Gasteiger charge is 2.55. The second-order valence-electron chi connectivity index (χ2n) is 4.15. The van der Waals surface area contributed by atoms with Gasteiger partial charge in [0.05, 0.1) is 19.1 Å². The molecule has 2 aliphatic rings. The number of fused-ring (bicyclic) bond motifs is 1. The minimum absolute atomic E-state index is 0.0987. The van der Waals surface area contributed by atoms with E-state index in [4.69, 9.17) is 9.47 Å². The summed E-state index contributed by atoms with van der Waals surface area (Å²) in [7, 11) is 0. The number of hydrogen-bond acceptors (Lipinski definition) is 3. The van der Waals surface area contributed by atoms with Crippen molar-refractivity contribution >= 4 is 5.97 Å². The van der Waals surface area contributed by atoms with Crippen LogP contribution in [0.15, 0.2) is 12.2 Å². The van der Waals surface area contributed by atoms with Gasteiger partial charge < -0.3 is 9.47 Å². The first kappa shape index (κ1) is 9.71. The van der Waals surface area contributed by atoms with E-state index >= 15 is 0 Å².